The van der Waals surface area contributed by atoms with Gasteiger partial charge in [0.15, 0.2) is 0 Å². The Bertz CT molecular complexity index is 1110. The van der Waals surface area contributed by atoms with E-state index < -0.39 is 12.1 Å². The number of methoxy groups -OCH3 is 1. The lowest BCUT2D eigenvalue weighted by molar-refractivity contribution is -0.123. The summed E-state index contributed by atoms with van der Waals surface area (Å²) in [5, 5.41) is 3.08. The number of aryl methyl sites for hydroxylation is 1. The maximum Gasteiger partial charge on any atom is 0.318 e. The predicted molar refractivity (Wildman–Crippen MR) is 126 cm³/mol. The second-order valence-electron chi connectivity index (χ2n) is 8.12. The molecule has 1 aromatic heterocycles. The molecule has 1 N–H and O–H groups in total. The van der Waals surface area contributed by atoms with Crippen molar-refractivity contribution in [3.8, 4) is 5.75 Å². The molecule has 33 heavy (non-hydrogen) atoms. The van der Waals surface area contributed by atoms with Gasteiger partial charge in [-0.1, -0.05) is 36.4 Å². The topological polar surface area (TPSA) is 79.7 Å². The first-order valence-corrected chi connectivity index (χ1v) is 11.0. The lowest BCUT2D eigenvalue weighted by Gasteiger charge is -2.37. The van der Waals surface area contributed by atoms with E-state index in [2.05, 4.69) is 10.3 Å². The molecule has 8 heteroatoms. The van der Waals surface area contributed by atoms with Crippen LogP contribution in [0.1, 0.15) is 30.3 Å². The average molecular weight is 448 g/mol. The van der Waals surface area contributed by atoms with Crippen LogP contribution in [0, 0.1) is 0 Å². The molecule has 1 aliphatic rings. The number of amides is 3. The van der Waals surface area contributed by atoms with Gasteiger partial charge in [0, 0.05) is 44.3 Å². The van der Waals surface area contributed by atoms with Crippen LogP contribution >= 0.6 is 0 Å². The third-order valence-electron chi connectivity index (χ3n) is 6.10. The minimum Gasteiger partial charge on any atom is -0.496 e. The molecule has 1 saturated heterocycles. The molecule has 2 heterocycles. The fourth-order valence-corrected chi connectivity index (χ4v) is 4.29. The SMILES string of the molecule is COc1ccccc1C(NC(=O)N(C)C1CCCN(c2ccccc2)C1=O)c1nccn1C. The van der Waals surface area contributed by atoms with E-state index in [1.54, 1.807) is 25.3 Å². The summed E-state index contributed by atoms with van der Waals surface area (Å²) in [4.78, 5) is 34.4. The zero-order valence-corrected chi connectivity index (χ0v) is 19.1. The Kier molecular flexibility index (Phi) is 6.63. The third kappa shape index (κ3) is 4.55. The number of rotatable bonds is 6. The maximum atomic E-state index is 13.4. The maximum absolute atomic E-state index is 13.4. The Balaban J connectivity index is 1.58. The van der Waals surface area contributed by atoms with Crippen molar-refractivity contribution in [2.24, 2.45) is 7.05 Å². The molecule has 3 amide bonds. The van der Waals surface area contributed by atoms with Crippen molar-refractivity contribution in [3.63, 3.8) is 0 Å². The van der Waals surface area contributed by atoms with Gasteiger partial charge in [-0.15, -0.1) is 0 Å². The van der Waals surface area contributed by atoms with Crippen molar-refractivity contribution in [1.82, 2.24) is 19.8 Å². The fourth-order valence-electron chi connectivity index (χ4n) is 4.29. The second-order valence-corrected chi connectivity index (χ2v) is 8.12. The third-order valence-corrected chi connectivity index (χ3v) is 6.10. The zero-order valence-electron chi connectivity index (χ0n) is 19.1. The monoisotopic (exact) mass is 447 g/mol. The smallest absolute Gasteiger partial charge is 0.318 e. The molecule has 0 spiro atoms. The minimum atomic E-state index is -0.543. The number of nitrogens with zero attached hydrogens (tertiary/aromatic N) is 4. The summed E-state index contributed by atoms with van der Waals surface area (Å²) in [6, 6.07) is 15.7. The Morgan fingerprint density at radius 1 is 1.18 bits per heavy atom. The van der Waals surface area contributed by atoms with Gasteiger partial charge < -0.3 is 24.4 Å². The first kappa shape index (κ1) is 22.4. The first-order valence-electron chi connectivity index (χ1n) is 11.0. The van der Waals surface area contributed by atoms with Crippen LogP contribution in [0.2, 0.25) is 0 Å². The van der Waals surface area contributed by atoms with Gasteiger partial charge in [-0.25, -0.2) is 9.78 Å². The van der Waals surface area contributed by atoms with E-state index in [4.69, 9.17) is 4.74 Å². The summed E-state index contributed by atoms with van der Waals surface area (Å²) >= 11 is 0. The molecule has 4 rings (SSSR count). The highest BCUT2D eigenvalue weighted by Gasteiger charge is 2.36. The van der Waals surface area contributed by atoms with Gasteiger partial charge in [0.05, 0.1) is 7.11 Å². The molecule has 0 bridgehead atoms. The minimum absolute atomic E-state index is 0.0732. The largest absolute Gasteiger partial charge is 0.496 e. The Morgan fingerprint density at radius 3 is 2.61 bits per heavy atom. The summed E-state index contributed by atoms with van der Waals surface area (Å²) in [6.45, 7) is 0.645. The lowest BCUT2D eigenvalue weighted by atomic mass is 10.0. The lowest BCUT2D eigenvalue weighted by Crippen LogP contribution is -2.55. The molecule has 2 aromatic carbocycles. The van der Waals surface area contributed by atoms with Gasteiger partial charge in [-0.05, 0) is 31.0 Å². The summed E-state index contributed by atoms with van der Waals surface area (Å²) in [7, 11) is 5.15. The number of carbonyl (C=O) groups is 2. The van der Waals surface area contributed by atoms with Crippen LogP contribution in [0.25, 0.3) is 0 Å². The second kappa shape index (κ2) is 9.77. The van der Waals surface area contributed by atoms with Crippen molar-refractivity contribution in [2.75, 3.05) is 25.6 Å². The summed E-state index contributed by atoms with van der Waals surface area (Å²) in [5.74, 6) is 1.25. The molecule has 1 aliphatic heterocycles. The van der Waals surface area contributed by atoms with E-state index in [1.165, 1.54) is 4.90 Å². The van der Waals surface area contributed by atoms with Crippen molar-refractivity contribution < 1.29 is 14.3 Å². The number of urea groups is 1. The van der Waals surface area contributed by atoms with Gasteiger partial charge >= 0.3 is 6.03 Å². The van der Waals surface area contributed by atoms with E-state index in [1.807, 2.05) is 72.4 Å². The Labute approximate surface area is 193 Å². The van der Waals surface area contributed by atoms with Crippen molar-refractivity contribution in [2.45, 2.75) is 24.9 Å². The van der Waals surface area contributed by atoms with Gasteiger partial charge in [0.2, 0.25) is 5.91 Å². The quantitative estimate of drug-likeness (QED) is 0.629. The van der Waals surface area contributed by atoms with Gasteiger partial charge in [-0.3, -0.25) is 4.79 Å². The number of carbonyl (C=O) groups excluding carboxylic acids is 2. The van der Waals surface area contributed by atoms with Crippen LogP contribution in [-0.4, -0.2) is 53.1 Å². The number of imidazole rings is 1. The molecular formula is C25H29N5O3. The number of likely N-dealkylation sites (N-methyl/N-ethyl adjacent to an activating group) is 1. The number of aromatic nitrogens is 2. The molecule has 2 atom stereocenters. The number of nitrogens with one attached hydrogen (secondary N) is 1. The van der Waals surface area contributed by atoms with E-state index in [0.717, 1.165) is 17.7 Å². The molecule has 3 aromatic rings. The van der Waals surface area contributed by atoms with Crippen molar-refractivity contribution in [3.05, 3.63) is 78.4 Å². The van der Waals surface area contributed by atoms with Crippen LogP contribution in [0.4, 0.5) is 10.5 Å². The number of para-hydroxylation sites is 2. The molecule has 0 radical (unpaired) electrons. The number of hydrogen-bond donors (Lipinski definition) is 1. The van der Waals surface area contributed by atoms with E-state index in [0.29, 0.717) is 24.5 Å². The molecule has 172 valence electrons. The number of anilines is 1. The van der Waals surface area contributed by atoms with Crippen molar-refractivity contribution in [1.29, 1.82) is 0 Å². The molecule has 0 saturated carbocycles. The molecule has 8 nitrogen and oxygen atoms in total. The normalized spacial score (nSPS) is 16.9. The summed E-state index contributed by atoms with van der Waals surface area (Å²) in [6.07, 6.45) is 4.96. The number of piperidine rings is 1. The van der Waals surface area contributed by atoms with Gasteiger partial charge in [0.25, 0.3) is 0 Å². The standard InChI is InChI=1S/C25H29N5O3/c1-28-17-15-26-23(28)22(19-12-7-8-14-21(19)33-3)27-25(32)29(2)20-13-9-16-30(24(20)31)18-10-5-4-6-11-18/h4-8,10-12,14-15,17,20,22H,9,13,16H2,1-3H3,(H,27,32). The highest BCUT2D eigenvalue weighted by atomic mass is 16.5. The number of hydrogen-bond acceptors (Lipinski definition) is 4. The predicted octanol–water partition coefficient (Wildman–Crippen LogP) is 3.36. The van der Waals surface area contributed by atoms with Crippen LogP contribution in [-0.2, 0) is 11.8 Å². The van der Waals surface area contributed by atoms with E-state index in [9.17, 15) is 9.59 Å². The molecule has 0 aliphatic carbocycles. The van der Waals surface area contributed by atoms with Crippen LogP contribution in [0.5, 0.6) is 5.75 Å². The highest BCUT2D eigenvalue weighted by Crippen LogP contribution is 2.30. The van der Waals surface area contributed by atoms with Crippen LogP contribution in [0.3, 0.4) is 0 Å². The Hall–Kier alpha value is -3.81. The number of ether oxygens (including phenoxy) is 1. The average Bonchev–Trinajstić information content (AvgIpc) is 3.28. The first-order chi connectivity index (χ1) is 16.0. The fraction of sp³-hybridized carbons (Fsp3) is 0.320. The summed E-state index contributed by atoms with van der Waals surface area (Å²) < 4.78 is 7.40. The molecule has 1 fully saturated rings. The Morgan fingerprint density at radius 2 is 1.91 bits per heavy atom. The molecule has 2 unspecified atom stereocenters. The van der Waals surface area contributed by atoms with E-state index >= 15 is 0 Å². The zero-order chi connectivity index (χ0) is 23.4. The van der Waals surface area contributed by atoms with Gasteiger partial charge in [-0.2, -0.15) is 0 Å². The number of benzene rings is 2. The van der Waals surface area contributed by atoms with Crippen LogP contribution in [0.15, 0.2) is 67.0 Å². The molecular weight excluding hydrogens is 418 g/mol. The van der Waals surface area contributed by atoms with Crippen LogP contribution < -0.4 is 15.0 Å². The van der Waals surface area contributed by atoms with E-state index in [-0.39, 0.29) is 11.9 Å². The highest BCUT2D eigenvalue weighted by molar-refractivity contribution is 5.99. The summed E-state index contributed by atoms with van der Waals surface area (Å²) in [5.41, 5.74) is 1.64. The van der Waals surface area contributed by atoms with Crippen molar-refractivity contribution >= 4 is 17.6 Å². The van der Waals surface area contributed by atoms with Gasteiger partial charge in [0.1, 0.15) is 23.7 Å².